The van der Waals surface area contributed by atoms with Crippen LogP contribution in [0.3, 0.4) is 0 Å². The number of carbonyl (C=O) groups excluding carboxylic acids is 2. The molecular formula is C21H21NO5S. The molecule has 0 radical (unpaired) electrons. The standard InChI is InChI=1S/C21H21NO5S/c1-4-27-17-7-5-13(9-15(17)12-25-2)20(23)22-16-6-8-18-14(10-16)11-19(28-18)21(24)26-3/h5-11H,4,12H2,1-3H3,(H,22,23). The Kier molecular flexibility index (Phi) is 6.28. The van der Waals surface area contributed by atoms with Gasteiger partial charge in [0.05, 0.1) is 20.3 Å². The Bertz CT molecular complexity index is 1010. The fourth-order valence-corrected chi connectivity index (χ4v) is 3.77. The van der Waals surface area contributed by atoms with Crippen molar-refractivity contribution in [2.75, 3.05) is 26.1 Å². The number of carbonyl (C=O) groups is 2. The molecule has 7 heteroatoms. The van der Waals surface area contributed by atoms with Gasteiger partial charge in [0.1, 0.15) is 10.6 Å². The first-order valence-corrected chi connectivity index (χ1v) is 9.55. The molecule has 0 aliphatic carbocycles. The van der Waals surface area contributed by atoms with Crippen LogP contribution in [0.1, 0.15) is 32.5 Å². The first-order valence-electron chi connectivity index (χ1n) is 8.73. The third kappa shape index (κ3) is 4.32. The Hall–Kier alpha value is -2.90. The average Bonchev–Trinajstić information content (AvgIpc) is 3.12. The predicted octanol–water partition coefficient (Wildman–Crippen LogP) is 4.49. The number of methoxy groups -OCH3 is 2. The van der Waals surface area contributed by atoms with Crippen LogP contribution < -0.4 is 10.1 Å². The molecule has 0 spiro atoms. The van der Waals surface area contributed by atoms with Crippen LogP contribution in [0.2, 0.25) is 0 Å². The van der Waals surface area contributed by atoms with E-state index in [1.165, 1.54) is 18.4 Å². The van der Waals surface area contributed by atoms with E-state index in [9.17, 15) is 9.59 Å². The van der Waals surface area contributed by atoms with Crippen LogP contribution in [0, 0.1) is 0 Å². The van der Waals surface area contributed by atoms with Gasteiger partial charge in [-0.25, -0.2) is 4.79 Å². The molecule has 0 unspecified atom stereocenters. The highest BCUT2D eigenvalue weighted by Gasteiger charge is 2.13. The number of fused-ring (bicyclic) bond motifs is 1. The largest absolute Gasteiger partial charge is 0.494 e. The summed E-state index contributed by atoms with van der Waals surface area (Å²) >= 11 is 1.35. The lowest BCUT2D eigenvalue weighted by atomic mass is 10.1. The summed E-state index contributed by atoms with van der Waals surface area (Å²) < 4.78 is 16.5. The van der Waals surface area contributed by atoms with Gasteiger partial charge in [-0.2, -0.15) is 0 Å². The lowest BCUT2D eigenvalue weighted by Crippen LogP contribution is -2.12. The molecule has 0 fully saturated rings. The Morgan fingerprint density at radius 1 is 1.07 bits per heavy atom. The van der Waals surface area contributed by atoms with Crippen LogP contribution in [0.5, 0.6) is 5.75 Å². The Balaban J connectivity index is 1.82. The highest BCUT2D eigenvalue weighted by Crippen LogP contribution is 2.29. The Morgan fingerprint density at radius 2 is 1.89 bits per heavy atom. The van der Waals surface area contributed by atoms with E-state index < -0.39 is 0 Å². The molecule has 0 saturated heterocycles. The van der Waals surface area contributed by atoms with Crippen LogP contribution in [-0.4, -0.2) is 32.7 Å². The van der Waals surface area contributed by atoms with Crippen molar-refractivity contribution in [3.05, 3.63) is 58.5 Å². The molecule has 146 valence electrons. The maximum absolute atomic E-state index is 12.7. The second kappa shape index (κ2) is 8.86. The first kappa shape index (κ1) is 19.9. The van der Waals surface area contributed by atoms with E-state index in [1.54, 1.807) is 31.4 Å². The molecule has 0 aliphatic heterocycles. The second-order valence-electron chi connectivity index (χ2n) is 6.00. The second-order valence-corrected chi connectivity index (χ2v) is 7.08. The third-order valence-corrected chi connectivity index (χ3v) is 5.18. The van der Waals surface area contributed by atoms with Crippen LogP contribution >= 0.6 is 11.3 Å². The van der Waals surface area contributed by atoms with Crippen molar-refractivity contribution in [2.24, 2.45) is 0 Å². The summed E-state index contributed by atoms with van der Waals surface area (Å²) in [6, 6.07) is 12.5. The summed E-state index contributed by atoms with van der Waals surface area (Å²) in [7, 11) is 2.95. The number of anilines is 1. The molecule has 0 atom stereocenters. The zero-order valence-corrected chi connectivity index (χ0v) is 16.7. The molecule has 1 aromatic heterocycles. The fourth-order valence-electron chi connectivity index (χ4n) is 2.81. The molecule has 3 aromatic rings. The Labute approximate surface area is 167 Å². The van der Waals surface area contributed by atoms with E-state index in [1.807, 2.05) is 25.1 Å². The summed E-state index contributed by atoms with van der Waals surface area (Å²) in [4.78, 5) is 24.9. The number of benzene rings is 2. The van der Waals surface area contributed by atoms with Gasteiger partial charge in [-0.1, -0.05) is 0 Å². The van der Waals surface area contributed by atoms with Crippen LogP contribution in [-0.2, 0) is 16.1 Å². The maximum Gasteiger partial charge on any atom is 0.348 e. The van der Waals surface area contributed by atoms with Crippen molar-refractivity contribution in [3.8, 4) is 5.75 Å². The van der Waals surface area contributed by atoms with Crippen LogP contribution in [0.25, 0.3) is 10.1 Å². The van der Waals surface area contributed by atoms with Crippen LogP contribution in [0.15, 0.2) is 42.5 Å². The number of hydrogen-bond donors (Lipinski definition) is 1. The average molecular weight is 399 g/mol. The first-order chi connectivity index (χ1) is 13.5. The summed E-state index contributed by atoms with van der Waals surface area (Å²) in [5.74, 6) is 0.103. The van der Waals surface area contributed by atoms with E-state index >= 15 is 0 Å². The summed E-state index contributed by atoms with van der Waals surface area (Å²) in [6.07, 6.45) is 0. The van der Waals surface area contributed by atoms with Gasteiger partial charge < -0.3 is 19.5 Å². The number of amides is 1. The number of ether oxygens (including phenoxy) is 3. The number of thiophene rings is 1. The van der Waals surface area contributed by atoms with Crippen molar-refractivity contribution < 1.29 is 23.8 Å². The van der Waals surface area contributed by atoms with Gasteiger partial charge in [0.2, 0.25) is 0 Å². The smallest absolute Gasteiger partial charge is 0.348 e. The van der Waals surface area contributed by atoms with E-state index in [-0.39, 0.29) is 11.9 Å². The van der Waals surface area contributed by atoms with E-state index in [0.717, 1.165) is 15.6 Å². The molecule has 1 amide bonds. The van der Waals surface area contributed by atoms with E-state index in [4.69, 9.17) is 14.2 Å². The molecular weight excluding hydrogens is 378 g/mol. The predicted molar refractivity (Wildman–Crippen MR) is 109 cm³/mol. The quantitative estimate of drug-likeness (QED) is 0.593. The number of nitrogens with one attached hydrogen (secondary N) is 1. The van der Waals surface area contributed by atoms with Crippen molar-refractivity contribution in [1.82, 2.24) is 0 Å². The molecule has 0 saturated carbocycles. The van der Waals surface area contributed by atoms with Gasteiger partial charge in [0.15, 0.2) is 0 Å². The molecule has 1 heterocycles. The highest BCUT2D eigenvalue weighted by atomic mass is 32.1. The number of rotatable bonds is 7. The minimum atomic E-state index is -0.369. The van der Waals surface area contributed by atoms with E-state index in [0.29, 0.717) is 35.1 Å². The van der Waals surface area contributed by atoms with Gasteiger partial charge in [-0.3, -0.25) is 4.79 Å². The molecule has 0 aliphatic rings. The SMILES string of the molecule is CCOc1ccc(C(=O)Nc2ccc3sc(C(=O)OC)cc3c2)cc1COC. The zero-order chi connectivity index (χ0) is 20.1. The monoisotopic (exact) mass is 399 g/mol. The van der Waals surface area contributed by atoms with Crippen LogP contribution in [0.4, 0.5) is 5.69 Å². The van der Waals surface area contributed by atoms with Gasteiger partial charge in [-0.05, 0) is 54.8 Å². The highest BCUT2D eigenvalue weighted by molar-refractivity contribution is 7.20. The van der Waals surface area contributed by atoms with E-state index in [2.05, 4.69) is 5.32 Å². The zero-order valence-electron chi connectivity index (χ0n) is 15.9. The normalized spacial score (nSPS) is 10.7. The van der Waals surface area contributed by atoms with Crippen molar-refractivity contribution in [1.29, 1.82) is 0 Å². The number of esters is 1. The maximum atomic E-state index is 12.7. The minimum absolute atomic E-state index is 0.233. The third-order valence-electron chi connectivity index (χ3n) is 4.08. The summed E-state index contributed by atoms with van der Waals surface area (Å²) in [5.41, 5.74) is 1.97. The summed E-state index contributed by atoms with van der Waals surface area (Å²) in [5, 5.41) is 3.76. The summed E-state index contributed by atoms with van der Waals surface area (Å²) in [6.45, 7) is 2.80. The number of hydrogen-bond acceptors (Lipinski definition) is 6. The lowest BCUT2D eigenvalue weighted by Gasteiger charge is -2.12. The van der Waals surface area contributed by atoms with Crippen molar-refractivity contribution in [3.63, 3.8) is 0 Å². The molecule has 1 N–H and O–H groups in total. The van der Waals surface area contributed by atoms with Gasteiger partial charge >= 0.3 is 5.97 Å². The molecule has 2 aromatic carbocycles. The lowest BCUT2D eigenvalue weighted by molar-refractivity contribution is 0.0606. The van der Waals surface area contributed by atoms with Gasteiger partial charge in [0, 0.05) is 28.6 Å². The van der Waals surface area contributed by atoms with Gasteiger partial charge in [0.25, 0.3) is 5.91 Å². The topological polar surface area (TPSA) is 73.9 Å². The van der Waals surface area contributed by atoms with Crippen molar-refractivity contribution >= 4 is 39.0 Å². The molecule has 0 bridgehead atoms. The minimum Gasteiger partial charge on any atom is -0.494 e. The Morgan fingerprint density at radius 3 is 2.61 bits per heavy atom. The molecule has 28 heavy (non-hydrogen) atoms. The fraction of sp³-hybridized carbons (Fsp3) is 0.238. The molecule has 6 nitrogen and oxygen atoms in total. The van der Waals surface area contributed by atoms with Crippen molar-refractivity contribution in [2.45, 2.75) is 13.5 Å². The van der Waals surface area contributed by atoms with Gasteiger partial charge in [-0.15, -0.1) is 11.3 Å². The molecule has 3 rings (SSSR count).